The number of carbonyl (C=O) groups is 1. The number of rotatable bonds is 4. The lowest BCUT2D eigenvalue weighted by Gasteiger charge is -2.52. The van der Waals surface area contributed by atoms with Crippen molar-refractivity contribution in [2.24, 2.45) is 22.2 Å². The summed E-state index contributed by atoms with van der Waals surface area (Å²) in [6.45, 7) is 8.51. The zero-order chi connectivity index (χ0) is 27.3. The minimum Gasteiger partial charge on any atom is -0.393 e. The highest BCUT2D eigenvalue weighted by Gasteiger charge is 2.56. The summed E-state index contributed by atoms with van der Waals surface area (Å²) in [5.74, 6) is 1.63. The van der Waals surface area contributed by atoms with Crippen molar-refractivity contribution < 1.29 is 9.90 Å². The van der Waals surface area contributed by atoms with Gasteiger partial charge in [0.05, 0.1) is 11.8 Å². The number of aliphatic hydroxyl groups is 1. The first-order chi connectivity index (χ1) is 18.7. The Balaban J connectivity index is 1.38. The van der Waals surface area contributed by atoms with Gasteiger partial charge in [0, 0.05) is 18.1 Å². The fourth-order valence-electron chi connectivity index (χ4n) is 8.09. The Morgan fingerprint density at radius 1 is 1.00 bits per heavy atom. The van der Waals surface area contributed by atoms with E-state index in [2.05, 4.69) is 68.5 Å². The molecule has 2 fully saturated rings. The van der Waals surface area contributed by atoms with E-state index in [4.69, 9.17) is 4.99 Å². The predicted octanol–water partition coefficient (Wildman–Crippen LogP) is 8.54. The van der Waals surface area contributed by atoms with Crippen LogP contribution in [-0.2, 0) is 4.79 Å². The van der Waals surface area contributed by atoms with Gasteiger partial charge in [-0.3, -0.25) is 9.79 Å². The first-order valence-corrected chi connectivity index (χ1v) is 14.8. The molecule has 4 aliphatic rings. The number of carbonyl (C=O) groups excluding carboxylic acids is 1. The molecule has 0 aliphatic heterocycles. The summed E-state index contributed by atoms with van der Waals surface area (Å²) >= 11 is 0. The molecule has 0 aromatic heterocycles. The Kier molecular flexibility index (Phi) is 6.83. The van der Waals surface area contributed by atoms with Gasteiger partial charge in [0.15, 0.2) is 5.78 Å². The Morgan fingerprint density at radius 3 is 2.59 bits per heavy atom. The summed E-state index contributed by atoms with van der Waals surface area (Å²) in [5, 5.41) is 11.2. The van der Waals surface area contributed by atoms with Crippen LogP contribution in [0.25, 0.3) is 12.2 Å². The summed E-state index contributed by atoms with van der Waals surface area (Å²) < 4.78 is 0. The standard InChI is InChI=1S/C36H41NO2/c1-22(2)37-33-19-25(9-8-23(33)3)11-10-24-6-5-7-26(18-24)31-21-36(4)32(16-17-34(36)39)30-14-12-27-20-28(38)13-15-29(27)35(30)31/h5-11,18-20,30-32,34,39H,12-17,21H2,1-4H3/b11-10+. The minimum atomic E-state index is -0.227. The average molecular weight is 520 g/mol. The van der Waals surface area contributed by atoms with Crippen molar-refractivity contribution >= 4 is 29.3 Å². The van der Waals surface area contributed by atoms with E-state index in [0.29, 0.717) is 18.3 Å². The zero-order valence-electron chi connectivity index (χ0n) is 23.8. The molecule has 2 aromatic rings. The molecular weight excluding hydrogens is 478 g/mol. The van der Waals surface area contributed by atoms with E-state index in [1.165, 1.54) is 27.8 Å². The molecule has 0 radical (unpaired) electrons. The van der Waals surface area contributed by atoms with Crippen LogP contribution in [0.4, 0.5) is 5.69 Å². The third-order valence-corrected chi connectivity index (χ3v) is 10.0. The van der Waals surface area contributed by atoms with Crippen molar-refractivity contribution in [2.75, 3.05) is 0 Å². The molecule has 2 aromatic carbocycles. The van der Waals surface area contributed by atoms with Gasteiger partial charge in [0.2, 0.25) is 0 Å². The summed E-state index contributed by atoms with van der Waals surface area (Å²) in [4.78, 5) is 17.0. The van der Waals surface area contributed by atoms with Crippen LogP contribution in [0.2, 0.25) is 0 Å². The molecule has 0 saturated heterocycles. The van der Waals surface area contributed by atoms with Crippen molar-refractivity contribution in [2.45, 2.75) is 84.7 Å². The number of aliphatic imine (C=N–C) groups is 1. The molecule has 3 heteroatoms. The fourth-order valence-corrected chi connectivity index (χ4v) is 8.09. The Bertz CT molecular complexity index is 1440. The van der Waals surface area contributed by atoms with Gasteiger partial charge in [0.1, 0.15) is 0 Å². The highest BCUT2D eigenvalue weighted by Crippen LogP contribution is 2.63. The molecule has 5 unspecified atom stereocenters. The average Bonchev–Trinajstić information content (AvgIpc) is 3.22. The molecule has 2 saturated carbocycles. The SMILES string of the molecule is CC(C)=Nc1cc(/C=C/c2cccc(C3CC4(C)C(O)CCC4C4CCC5=CC(=O)CCC5=C34)c2)ccc1C. The van der Waals surface area contributed by atoms with Crippen LogP contribution in [0.3, 0.4) is 0 Å². The largest absolute Gasteiger partial charge is 0.393 e. The number of allylic oxidation sites excluding steroid dienone is 4. The van der Waals surface area contributed by atoms with Gasteiger partial charge in [0.25, 0.3) is 0 Å². The molecule has 6 rings (SSSR count). The predicted molar refractivity (Wildman–Crippen MR) is 161 cm³/mol. The van der Waals surface area contributed by atoms with Gasteiger partial charge in [-0.2, -0.15) is 0 Å². The van der Waals surface area contributed by atoms with Crippen molar-refractivity contribution in [3.63, 3.8) is 0 Å². The number of aryl methyl sites for hydroxylation is 1. The van der Waals surface area contributed by atoms with E-state index in [1.807, 2.05) is 19.9 Å². The van der Waals surface area contributed by atoms with Crippen LogP contribution in [0.5, 0.6) is 0 Å². The first-order valence-electron chi connectivity index (χ1n) is 14.8. The van der Waals surface area contributed by atoms with Gasteiger partial charge < -0.3 is 5.11 Å². The van der Waals surface area contributed by atoms with E-state index < -0.39 is 0 Å². The maximum Gasteiger partial charge on any atom is 0.156 e. The van der Waals surface area contributed by atoms with Gasteiger partial charge >= 0.3 is 0 Å². The van der Waals surface area contributed by atoms with Gasteiger partial charge in [-0.15, -0.1) is 0 Å². The van der Waals surface area contributed by atoms with Crippen LogP contribution >= 0.6 is 0 Å². The molecular formula is C36H41NO2. The zero-order valence-corrected chi connectivity index (χ0v) is 23.8. The van der Waals surface area contributed by atoms with Crippen molar-refractivity contribution in [3.05, 3.63) is 87.5 Å². The van der Waals surface area contributed by atoms with Crippen molar-refractivity contribution in [1.29, 1.82) is 0 Å². The molecule has 4 aliphatic carbocycles. The molecule has 0 spiro atoms. The number of hydrogen-bond donors (Lipinski definition) is 1. The van der Waals surface area contributed by atoms with Crippen LogP contribution < -0.4 is 0 Å². The fraction of sp³-hybridized carbons (Fsp3) is 0.444. The molecule has 3 nitrogen and oxygen atoms in total. The quantitative estimate of drug-likeness (QED) is 0.325. The monoisotopic (exact) mass is 519 g/mol. The van der Waals surface area contributed by atoms with Gasteiger partial charge in [-0.1, -0.05) is 61.0 Å². The summed E-state index contributed by atoms with van der Waals surface area (Å²) in [6.07, 6.45) is 12.7. The molecule has 0 heterocycles. The van der Waals surface area contributed by atoms with Crippen molar-refractivity contribution in [1.82, 2.24) is 0 Å². The summed E-state index contributed by atoms with van der Waals surface area (Å²) in [6, 6.07) is 15.5. The Labute approximate surface area is 233 Å². The third kappa shape index (κ3) is 4.80. The normalized spacial score (nSPS) is 30.1. The van der Waals surface area contributed by atoms with Crippen LogP contribution in [0.1, 0.15) is 93.9 Å². The Morgan fingerprint density at radius 2 is 1.79 bits per heavy atom. The summed E-state index contributed by atoms with van der Waals surface area (Å²) in [7, 11) is 0. The van der Waals surface area contributed by atoms with E-state index in [0.717, 1.165) is 55.5 Å². The minimum absolute atomic E-state index is 0.0484. The lowest BCUT2D eigenvalue weighted by molar-refractivity contribution is -0.114. The van der Waals surface area contributed by atoms with E-state index in [1.54, 1.807) is 5.57 Å². The molecule has 5 atom stereocenters. The van der Waals surface area contributed by atoms with Crippen LogP contribution in [0, 0.1) is 24.2 Å². The number of nitrogens with zero attached hydrogens (tertiary/aromatic N) is 1. The van der Waals surface area contributed by atoms with Crippen molar-refractivity contribution in [3.8, 4) is 0 Å². The second kappa shape index (κ2) is 10.2. The molecule has 202 valence electrons. The second-order valence-corrected chi connectivity index (χ2v) is 12.8. The molecule has 0 bridgehead atoms. The number of hydrogen-bond acceptors (Lipinski definition) is 3. The van der Waals surface area contributed by atoms with Crippen LogP contribution in [0.15, 0.2) is 70.3 Å². The smallest absolute Gasteiger partial charge is 0.156 e. The van der Waals surface area contributed by atoms with Gasteiger partial charge in [-0.25, -0.2) is 0 Å². The number of aliphatic hydroxyl groups excluding tert-OH is 1. The summed E-state index contributed by atoms with van der Waals surface area (Å²) in [5.41, 5.74) is 11.3. The third-order valence-electron chi connectivity index (χ3n) is 10.0. The van der Waals surface area contributed by atoms with E-state index >= 15 is 0 Å². The lowest BCUT2D eigenvalue weighted by Crippen LogP contribution is -2.45. The highest BCUT2D eigenvalue weighted by atomic mass is 16.3. The lowest BCUT2D eigenvalue weighted by atomic mass is 9.53. The molecule has 39 heavy (non-hydrogen) atoms. The number of benzene rings is 2. The van der Waals surface area contributed by atoms with E-state index in [-0.39, 0.29) is 23.2 Å². The van der Waals surface area contributed by atoms with Gasteiger partial charge in [-0.05, 0) is 122 Å². The maximum atomic E-state index is 12.3. The molecule has 1 N–H and O–H groups in total. The van der Waals surface area contributed by atoms with E-state index in [9.17, 15) is 9.90 Å². The van der Waals surface area contributed by atoms with Crippen LogP contribution in [-0.4, -0.2) is 22.7 Å². The number of fused-ring (bicyclic) bond motifs is 4. The topological polar surface area (TPSA) is 49.7 Å². The molecule has 0 amide bonds. The number of ketones is 1. The first kappa shape index (κ1) is 26.2. The second-order valence-electron chi connectivity index (χ2n) is 12.8. The maximum absolute atomic E-state index is 12.3. The Hall–Kier alpha value is -3.04. The highest BCUT2D eigenvalue weighted by molar-refractivity contribution is 5.93.